The maximum atomic E-state index is 14.0. The number of aryl methyl sites for hydroxylation is 2. The number of rotatable bonds is 6. The number of fused-ring (bicyclic) bond motifs is 4. The van der Waals surface area contributed by atoms with Crippen molar-refractivity contribution in [3.05, 3.63) is 82.4 Å². The Balaban J connectivity index is 1.42. The second kappa shape index (κ2) is 11.4. The molecule has 5 heterocycles. The average molecular weight is 643 g/mol. The number of hydrogen-bond donors (Lipinski definition) is 1. The second-order valence-electron chi connectivity index (χ2n) is 11.9. The fraction of sp³-hybridized carbons (Fsp3) is 0.419. The van der Waals surface area contributed by atoms with Gasteiger partial charge in [-0.25, -0.2) is 13.4 Å². The molecule has 0 bridgehead atoms. The van der Waals surface area contributed by atoms with E-state index >= 15 is 0 Å². The number of aliphatic carboxylic acids is 1. The number of sulfonamides is 1. The molecule has 10 nitrogen and oxygen atoms in total. The zero-order chi connectivity index (χ0) is 32.3. The number of nitrogens with zero attached hydrogens (tertiary/aromatic N) is 6. The topological polar surface area (TPSA) is 121 Å². The lowest BCUT2D eigenvalue weighted by atomic mass is 9.79. The van der Waals surface area contributed by atoms with Gasteiger partial charge in [0, 0.05) is 44.0 Å². The van der Waals surface area contributed by atoms with Gasteiger partial charge >= 0.3 is 12.1 Å². The van der Waals surface area contributed by atoms with Crippen LogP contribution in [0.3, 0.4) is 0 Å². The Kier molecular flexibility index (Phi) is 7.84. The lowest BCUT2D eigenvalue weighted by Gasteiger charge is -2.36. The molecule has 1 N–H and O–H groups in total. The highest BCUT2D eigenvalue weighted by Crippen LogP contribution is 2.39. The van der Waals surface area contributed by atoms with Crippen LogP contribution in [0.5, 0.6) is 0 Å². The van der Waals surface area contributed by atoms with E-state index < -0.39 is 39.8 Å². The third-order valence-electron chi connectivity index (χ3n) is 9.11. The molecule has 2 aliphatic rings. The Morgan fingerprint density at radius 3 is 2.64 bits per heavy atom. The number of benzene rings is 1. The van der Waals surface area contributed by atoms with Gasteiger partial charge in [-0.3, -0.25) is 9.20 Å². The predicted octanol–water partition coefficient (Wildman–Crippen LogP) is 5.18. The first-order chi connectivity index (χ1) is 21.3. The number of hydrogen-bond acceptors (Lipinski definition) is 7. The monoisotopic (exact) mass is 642 g/mol. The van der Waals surface area contributed by atoms with Crippen LogP contribution < -0.4 is 4.90 Å². The molecule has 1 aromatic carbocycles. The quantitative estimate of drug-likeness (QED) is 0.306. The van der Waals surface area contributed by atoms with Crippen LogP contribution in [0.2, 0.25) is 0 Å². The van der Waals surface area contributed by atoms with Crippen molar-refractivity contribution >= 4 is 27.5 Å². The van der Waals surface area contributed by atoms with Crippen molar-refractivity contribution in [2.75, 3.05) is 18.0 Å². The maximum Gasteiger partial charge on any atom is 0.452 e. The summed E-state index contributed by atoms with van der Waals surface area (Å²) in [5.41, 5.74) is 2.97. The molecule has 0 spiro atoms. The summed E-state index contributed by atoms with van der Waals surface area (Å²) >= 11 is 0. The minimum Gasteiger partial charge on any atom is -0.481 e. The number of aromatic nitrogens is 4. The van der Waals surface area contributed by atoms with E-state index in [0.717, 1.165) is 35.8 Å². The van der Waals surface area contributed by atoms with E-state index in [4.69, 9.17) is 0 Å². The molecule has 0 aliphatic carbocycles. The fourth-order valence-corrected chi connectivity index (χ4v) is 8.25. The first-order valence-electron chi connectivity index (χ1n) is 14.7. The van der Waals surface area contributed by atoms with Gasteiger partial charge in [0.1, 0.15) is 10.7 Å². The molecular weight excluding hydrogens is 609 g/mol. The van der Waals surface area contributed by atoms with Gasteiger partial charge in [0.25, 0.3) is 0 Å². The van der Waals surface area contributed by atoms with Crippen molar-refractivity contribution in [3.63, 3.8) is 0 Å². The molecule has 238 valence electrons. The van der Waals surface area contributed by atoms with E-state index in [0.29, 0.717) is 28.1 Å². The summed E-state index contributed by atoms with van der Waals surface area (Å²) in [7, 11) is -3.92. The first kappa shape index (κ1) is 31.0. The SMILES string of the molecule is Cc1ccc(C(c2ccn3c(C(F)(F)F)nnc3c2C)[C@@H](C)C(=O)O)cc1CN1C[C@@H]2CCCCN2c2ncccc2S1(=O)=O. The molecule has 6 rings (SSSR count). The highest BCUT2D eigenvalue weighted by atomic mass is 32.2. The number of halogens is 3. The molecule has 45 heavy (non-hydrogen) atoms. The number of piperidine rings is 1. The van der Waals surface area contributed by atoms with Crippen molar-refractivity contribution < 1.29 is 31.5 Å². The van der Waals surface area contributed by atoms with Crippen molar-refractivity contribution in [3.8, 4) is 0 Å². The molecule has 0 amide bonds. The Bertz CT molecular complexity index is 1890. The Morgan fingerprint density at radius 1 is 1.13 bits per heavy atom. The highest BCUT2D eigenvalue weighted by Gasteiger charge is 2.40. The maximum absolute atomic E-state index is 14.0. The lowest BCUT2D eigenvalue weighted by Crippen LogP contribution is -2.45. The van der Waals surface area contributed by atoms with Gasteiger partial charge < -0.3 is 10.0 Å². The Labute approximate surface area is 258 Å². The molecule has 0 radical (unpaired) electrons. The third-order valence-corrected chi connectivity index (χ3v) is 10.9. The van der Waals surface area contributed by atoms with Gasteiger partial charge in [-0.2, -0.15) is 17.5 Å². The average Bonchev–Trinajstić information content (AvgIpc) is 3.42. The van der Waals surface area contributed by atoms with Gasteiger partial charge in [0.2, 0.25) is 15.8 Å². The molecule has 1 fully saturated rings. The number of alkyl halides is 3. The molecule has 4 aromatic rings. The molecule has 0 saturated carbocycles. The van der Waals surface area contributed by atoms with E-state index in [-0.39, 0.29) is 29.7 Å². The summed E-state index contributed by atoms with van der Waals surface area (Å²) in [5.74, 6) is -3.52. The van der Waals surface area contributed by atoms with Gasteiger partial charge in [-0.05, 0) is 79.1 Å². The fourth-order valence-electron chi connectivity index (χ4n) is 6.64. The normalized spacial score (nSPS) is 19.9. The summed E-state index contributed by atoms with van der Waals surface area (Å²) in [6, 6.07) is 10.1. The zero-order valence-electron chi connectivity index (χ0n) is 25.0. The first-order valence-corrected chi connectivity index (χ1v) is 16.2. The largest absolute Gasteiger partial charge is 0.481 e. The lowest BCUT2D eigenvalue weighted by molar-refractivity contribution is -0.145. The van der Waals surface area contributed by atoms with Crippen LogP contribution in [0, 0.1) is 19.8 Å². The number of pyridine rings is 2. The number of anilines is 1. The Morgan fingerprint density at radius 2 is 1.91 bits per heavy atom. The molecule has 1 saturated heterocycles. The van der Waals surface area contributed by atoms with Crippen LogP contribution in [0.25, 0.3) is 5.65 Å². The summed E-state index contributed by atoms with van der Waals surface area (Å²) in [4.78, 5) is 19.1. The van der Waals surface area contributed by atoms with Gasteiger partial charge in [0.05, 0.1) is 5.92 Å². The second-order valence-corrected chi connectivity index (χ2v) is 13.8. The van der Waals surface area contributed by atoms with Crippen LogP contribution in [-0.4, -0.2) is 62.5 Å². The van der Waals surface area contributed by atoms with Crippen molar-refractivity contribution in [2.24, 2.45) is 5.92 Å². The van der Waals surface area contributed by atoms with Crippen molar-refractivity contribution in [1.82, 2.24) is 23.9 Å². The van der Waals surface area contributed by atoms with E-state index in [1.807, 2.05) is 19.1 Å². The summed E-state index contributed by atoms with van der Waals surface area (Å²) in [6.07, 6.45) is 0.874. The van der Waals surface area contributed by atoms with Crippen LogP contribution in [0.1, 0.15) is 65.7 Å². The Hall–Kier alpha value is -4.04. The molecular formula is C31H33F3N6O4S. The van der Waals surface area contributed by atoms with Crippen LogP contribution in [0.15, 0.2) is 53.7 Å². The summed E-state index contributed by atoms with van der Waals surface area (Å²) in [6.45, 7) is 6.08. The van der Waals surface area contributed by atoms with E-state index in [2.05, 4.69) is 20.1 Å². The number of carboxylic acid groups (broad SMARTS) is 1. The van der Waals surface area contributed by atoms with E-state index in [1.165, 1.54) is 16.6 Å². The minimum atomic E-state index is -4.72. The predicted molar refractivity (Wildman–Crippen MR) is 159 cm³/mol. The molecule has 3 aromatic heterocycles. The van der Waals surface area contributed by atoms with Gasteiger partial charge in [0.15, 0.2) is 5.65 Å². The summed E-state index contributed by atoms with van der Waals surface area (Å²) < 4.78 is 71.0. The summed E-state index contributed by atoms with van der Waals surface area (Å²) in [5, 5.41) is 17.2. The molecule has 3 atom stereocenters. The molecule has 2 aliphatic heterocycles. The van der Waals surface area contributed by atoms with Gasteiger partial charge in [-0.1, -0.05) is 25.1 Å². The van der Waals surface area contributed by atoms with Crippen LogP contribution in [0.4, 0.5) is 19.0 Å². The standard InChI is InChI=1S/C31H33F3N6O4S/c1-18-9-10-21(26(20(3)29(41)42)24-11-14-40-27(19(24)2)36-37-30(40)31(32,33)34)15-22(18)16-38-17-23-7-4-5-13-39(23)28-25(45(38,43)44)8-6-12-35-28/h6,8-12,14-15,20,23,26H,4-5,7,13,16-17H2,1-3H3,(H,41,42)/t20-,23+,26?/m1/s1. The number of carboxylic acids is 1. The molecule has 1 unspecified atom stereocenters. The highest BCUT2D eigenvalue weighted by molar-refractivity contribution is 7.89. The molecule has 14 heteroatoms. The van der Waals surface area contributed by atoms with E-state index in [1.54, 1.807) is 38.2 Å². The van der Waals surface area contributed by atoms with Crippen LogP contribution in [-0.2, 0) is 27.5 Å². The van der Waals surface area contributed by atoms with Crippen LogP contribution >= 0.6 is 0 Å². The van der Waals surface area contributed by atoms with Crippen molar-refractivity contribution in [2.45, 2.75) is 69.6 Å². The van der Waals surface area contributed by atoms with E-state index in [9.17, 15) is 31.5 Å². The zero-order valence-corrected chi connectivity index (χ0v) is 25.8. The number of carbonyl (C=O) groups is 1. The minimum absolute atomic E-state index is 0.0188. The smallest absolute Gasteiger partial charge is 0.452 e. The van der Waals surface area contributed by atoms with Crippen molar-refractivity contribution in [1.29, 1.82) is 0 Å². The van der Waals surface area contributed by atoms with Gasteiger partial charge in [-0.15, -0.1) is 10.2 Å². The third kappa shape index (κ3) is 5.43.